The van der Waals surface area contributed by atoms with Gasteiger partial charge in [-0.25, -0.2) is 0 Å². The second-order valence-electron chi connectivity index (χ2n) is 4.22. The molecule has 0 unspecified atom stereocenters. The van der Waals surface area contributed by atoms with E-state index in [1.54, 1.807) is 0 Å². The second-order valence-corrected chi connectivity index (χ2v) is 5.74. The molecule has 0 spiro atoms. The van der Waals surface area contributed by atoms with Crippen LogP contribution >= 0.6 is 23.5 Å². The maximum absolute atomic E-state index is 8.69. The van der Waals surface area contributed by atoms with Crippen molar-refractivity contribution in [2.75, 3.05) is 0 Å². The minimum absolute atomic E-state index is 0.738. The van der Waals surface area contributed by atoms with Crippen molar-refractivity contribution < 1.29 is 0 Å². The molecule has 0 aliphatic rings. The lowest BCUT2D eigenvalue weighted by molar-refractivity contribution is 1.11. The maximum Gasteiger partial charge on any atom is 0.133 e. The molecule has 2 nitrogen and oxygen atoms in total. The number of nitrogens with zero attached hydrogens (tertiary/aromatic N) is 2. The Bertz CT molecular complexity index is 458. The standard InChI is InChI=1S/C14H16N2S2/c1-9-10(2)14(6-18-8-16)12(4)11(3)13(9)5-17-7-15/h5-6H2,1-4H3. The Morgan fingerprint density at radius 3 is 1.22 bits per heavy atom. The van der Waals surface area contributed by atoms with Crippen molar-refractivity contribution in [3.63, 3.8) is 0 Å². The van der Waals surface area contributed by atoms with Crippen LogP contribution in [-0.4, -0.2) is 0 Å². The highest BCUT2D eigenvalue weighted by molar-refractivity contribution is 8.03. The van der Waals surface area contributed by atoms with Gasteiger partial charge in [-0.05, 0) is 84.6 Å². The normalized spacial score (nSPS) is 9.89. The van der Waals surface area contributed by atoms with E-state index in [0.29, 0.717) is 0 Å². The molecule has 0 saturated heterocycles. The molecule has 0 aliphatic carbocycles. The van der Waals surface area contributed by atoms with Gasteiger partial charge in [-0.1, -0.05) is 0 Å². The summed E-state index contributed by atoms with van der Waals surface area (Å²) >= 11 is 2.56. The molecule has 0 aliphatic heterocycles. The average Bonchev–Trinajstić information content (AvgIpc) is 2.37. The van der Waals surface area contributed by atoms with Crippen LogP contribution in [0.15, 0.2) is 0 Å². The molecule has 1 aromatic carbocycles. The van der Waals surface area contributed by atoms with Gasteiger partial charge >= 0.3 is 0 Å². The Balaban J connectivity index is 3.28. The van der Waals surface area contributed by atoms with Crippen LogP contribution in [0.3, 0.4) is 0 Å². The van der Waals surface area contributed by atoms with Gasteiger partial charge in [-0.2, -0.15) is 10.5 Å². The summed E-state index contributed by atoms with van der Waals surface area (Å²) in [7, 11) is 0. The third kappa shape index (κ3) is 3.02. The van der Waals surface area contributed by atoms with Crippen molar-refractivity contribution >= 4 is 23.5 Å². The molecule has 0 atom stereocenters. The van der Waals surface area contributed by atoms with Gasteiger partial charge in [-0.15, -0.1) is 0 Å². The molecule has 0 saturated carbocycles. The molecule has 0 heterocycles. The molecule has 0 aromatic heterocycles. The van der Waals surface area contributed by atoms with E-state index in [0.717, 1.165) is 11.5 Å². The van der Waals surface area contributed by atoms with Crippen molar-refractivity contribution in [1.29, 1.82) is 10.5 Å². The zero-order valence-electron chi connectivity index (χ0n) is 11.1. The van der Waals surface area contributed by atoms with Crippen LogP contribution in [-0.2, 0) is 11.5 Å². The summed E-state index contributed by atoms with van der Waals surface area (Å²) in [5.41, 5.74) is 7.57. The van der Waals surface area contributed by atoms with Gasteiger partial charge in [0.2, 0.25) is 0 Å². The van der Waals surface area contributed by atoms with Gasteiger partial charge in [0.25, 0.3) is 0 Å². The van der Waals surface area contributed by atoms with Crippen molar-refractivity contribution in [2.24, 2.45) is 0 Å². The summed E-state index contributed by atoms with van der Waals surface area (Å²) < 4.78 is 0. The highest BCUT2D eigenvalue weighted by atomic mass is 32.2. The lowest BCUT2D eigenvalue weighted by atomic mass is 9.90. The predicted molar refractivity (Wildman–Crippen MR) is 79.2 cm³/mol. The second kappa shape index (κ2) is 6.73. The molecule has 0 radical (unpaired) electrons. The number of thiocyanates is 2. The number of benzene rings is 1. The Hall–Kier alpha value is -1.10. The van der Waals surface area contributed by atoms with Crippen LogP contribution in [0.2, 0.25) is 0 Å². The lowest BCUT2D eigenvalue weighted by Gasteiger charge is -2.19. The first-order valence-corrected chi connectivity index (χ1v) is 7.61. The van der Waals surface area contributed by atoms with Gasteiger partial charge in [0.1, 0.15) is 10.8 Å². The molecule has 0 bridgehead atoms. The largest absolute Gasteiger partial charge is 0.185 e. The van der Waals surface area contributed by atoms with E-state index in [1.165, 1.54) is 56.9 Å². The molecule has 0 N–H and O–H groups in total. The first-order chi connectivity index (χ1) is 8.54. The smallest absolute Gasteiger partial charge is 0.133 e. The van der Waals surface area contributed by atoms with Gasteiger partial charge < -0.3 is 0 Å². The number of nitriles is 2. The summed E-state index contributed by atoms with van der Waals surface area (Å²) in [5.74, 6) is 1.48. The fourth-order valence-corrected chi connectivity index (χ4v) is 3.39. The van der Waals surface area contributed by atoms with Gasteiger partial charge in [0.15, 0.2) is 0 Å². The summed E-state index contributed by atoms with van der Waals surface area (Å²) in [6.07, 6.45) is 0. The van der Waals surface area contributed by atoms with Crippen LogP contribution < -0.4 is 0 Å². The Morgan fingerprint density at radius 1 is 0.722 bits per heavy atom. The number of thioether (sulfide) groups is 2. The van der Waals surface area contributed by atoms with Gasteiger partial charge in [0, 0.05) is 11.5 Å². The fourth-order valence-electron chi connectivity index (χ4n) is 2.11. The molecule has 1 rings (SSSR count). The lowest BCUT2D eigenvalue weighted by Crippen LogP contribution is -2.03. The monoisotopic (exact) mass is 276 g/mol. The van der Waals surface area contributed by atoms with Crippen LogP contribution in [0.5, 0.6) is 0 Å². The summed E-state index contributed by atoms with van der Waals surface area (Å²) in [6.45, 7) is 8.43. The topological polar surface area (TPSA) is 47.6 Å². The van der Waals surface area contributed by atoms with E-state index in [-0.39, 0.29) is 0 Å². The minimum atomic E-state index is 0.738. The molecule has 18 heavy (non-hydrogen) atoms. The zero-order valence-corrected chi connectivity index (χ0v) is 12.8. The Morgan fingerprint density at radius 2 is 1.00 bits per heavy atom. The summed E-state index contributed by atoms with van der Waals surface area (Å²) in [5, 5.41) is 21.6. The van der Waals surface area contributed by atoms with Crippen LogP contribution in [0.25, 0.3) is 0 Å². The van der Waals surface area contributed by atoms with Crippen molar-refractivity contribution in [3.8, 4) is 10.8 Å². The quantitative estimate of drug-likeness (QED) is 0.767. The van der Waals surface area contributed by atoms with Crippen molar-refractivity contribution in [1.82, 2.24) is 0 Å². The van der Waals surface area contributed by atoms with E-state index in [2.05, 4.69) is 38.5 Å². The van der Waals surface area contributed by atoms with Gasteiger partial charge in [0.05, 0.1) is 0 Å². The molecule has 0 fully saturated rings. The van der Waals surface area contributed by atoms with Crippen molar-refractivity contribution in [2.45, 2.75) is 39.2 Å². The Labute approximate surface area is 117 Å². The molecular weight excluding hydrogens is 260 g/mol. The summed E-state index contributed by atoms with van der Waals surface area (Å²) in [4.78, 5) is 0. The third-order valence-corrected chi connectivity index (χ3v) is 4.62. The number of rotatable bonds is 4. The molecule has 0 amide bonds. The number of hydrogen-bond donors (Lipinski definition) is 0. The van der Waals surface area contributed by atoms with Crippen LogP contribution in [0.1, 0.15) is 33.4 Å². The van der Waals surface area contributed by atoms with Crippen molar-refractivity contribution in [3.05, 3.63) is 33.4 Å². The molecular formula is C14H16N2S2. The highest BCUT2D eigenvalue weighted by Gasteiger charge is 2.14. The first-order valence-electron chi connectivity index (χ1n) is 5.64. The maximum atomic E-state index is 8.69. The van der Waals surface area contributed by atoms with E-state index in [4.69, 9.17) is 10.5 Å². The molecule has 94 valence electrons. The molecule has 1 aromatic rings. The number of hydrogen-bond acceptors (Lipinski definition) is 4. The third-order valence-electron chi connectivity index (χ3n) is 3.50. The fraction of sp³-hybridized carbons (Fsp3) is 0.429. The average molecular weight is 276 g/mol. The SMILES string of the molecule is Cc1c(C)c(CSC#N)c(C)c(C)c1CSC#N. The predicted octanol–water partition coefficient (Wildman–Crippen LogP) is 4.35. The van der Waals surface area contributed by atoms with E-state index in [9.17, 15) is 0 Å². The molecule has 4 heteroatoms. The highest BCUT2D eigenvalue weighted by Crippen LogP contribution is 2.31. The van der Waals surface area contributed by atoms with Crippen LogP contribution in [0.4, 0.5) is 0 Å². The first kappa shape index (κ1) is 15.0. The van der Waals surface area contributed by atoms with E-state index >= 15 is 0 Å². The minimum Gasteiger partial charge on any atom is -0.185 e. The van der Waals surface area contributed by atoms with Crippen LogP contribution in [0, 0.1) is 49.0 Å². The van der Waals surface area contributed by atoms with E-state index in [1.807, 2.05) is 0 Å². The van der Waals surface area contributed by atoms with Gasteiger partial charge in [-0.3, -0.25) is 0 Å². The van der Waals surface area contributed by atoms with E-state index < -0.39 is 0 Å². The summed E-state index contributed by atoms with van der Waals surface area (Å²) in [6, 6.07) is 0. The zero-order chi connectivity index (χ0) is 13.7. The Kier molecular flexibility index (Phi) is 5.59.